The number of aryl methyl sites for hydroxylation is 1. The van der Waals surface area contributed by atoms with E-state index in [1.165, 1.54) is 11.1 Å². The molecule has 0 spiro atoms. The lowest BCUT2D eigenvalue weighted by Gasteiger charge is -2.19. The lowest BCUT2D eigenvalue weighted by Crippen LogP contribution is -2.19. The molecule has 0 aliphatic rings. The SMILES string of the molecule is CCCOc1ccc(C)cc1C(C)CCC(N)CC. The van der Waals surface area contributed by atoms with Crippen LogP contribution in [-0.2, 0) is 0 Å². The van der Waals surface area contributed by atoms with E-state index in [9.17, 15) is 0 Å². The van der Waals surface area contributed by atoms with E-state index in [0.717, 1.165) is 38.0 Å². The van der Waals surface area contributed by atoms with Crippen molar-refractivity contribution in [2.75, 3.05) is 6.61 Å². The summed E-state index contributed by atoms with van der Waals surface area (Å²) in [5.74, 6) is 1.55. The van der Waals surface area contributed by atoms with Crippen LogP contribution in [0.15, 0.2) is 18.2 Å². The van der Waals surface area contributed by atoms with Crippen molar-refractivity contribution >= 4 is 0 Å². The molecule has 2 N–H and O–H groups in total. The first-order chi connectivity index (χ1) is 9.08. The van der Waals surface area contributed by atoms with Crippen molar-refractivity contribution < 1.29 is 4.74 Å². The highest BCUT2D eigenvalue weighted by Crippen LogP contribution is 2.31. The van der Waals surface area contributed by atoms with E-state index in [1.807, 2.05) is 0 Å². The van der Waals surface area contributed by atoms with Crippen molar-refractivity contribution in [3.63, 3.8) is 0 Å². The first-order valence-electron chi connectivity index (χ1n) is 7.57. The zero-order chi connectivity index (χ0) is 14.3. The van der Waals surface area contributed by atoms with Gasteiger partial charge in [0.2, 0.25) is 0 Å². The van der Waals surface area contributed by atoms with Crippen LogP contribution in [0.4, 0.5) is 0 Å². The standard InChI is InChI=1S/C17H29NO/c1-5-11-19-17-10-7-13(3)12-16(17)14(4)8-9-15(18)6-2/h7,10,12,14-15H,5-6,8-9,11,18H2,1-4H3. The van der Waals surface area contributed by atoms with E-state index in [0.29, 0.717) is 12.0 Å². The van der Waals surface area contributed by atoms with E-state index >= 15 is 0 Å². The number of rotatable bonds is 8. The van der Waals surface area contributed by atoms with Crippen LogP contribution in [-0.4, -0.2) is 12.6 Å². The first-order valence-corrected chi connectivity index (χ1v) is 7.57. The van der Waals surface area contributed by atoms with Gasteiger partial charge in [-0.15, -0.1) is 0 Å². The quantitative estimate of drug-likeness (QED) is 0.754. The molecule has 0 fully saturated rings. The average Bonchev–Trinajstić information content (AvgIpc) is 2.42. The zero-order valence-corrected chi connectivity index (χ0v) is 12.9. The fraction of sp³-hybridized carbons (Fsp3) is 0.647. The third kappa shape index (κ3) is 5.23. The van der Waals surface area contributed by atoms with Crippen molar-refractivity contribution in [2.45, 2.75) is 65.3 Å². The van der Waals surface area contributed by atoms with Crippen LogP contribution >= 0.6 is 0 Å². The van der Waals surface area contributed by atoms with E-state index in [4.69, 9.17) is 10.5 Å². The largest absolute Gasteiger partial charge is 0.493 e. The van der Waals surface area contributed by atoms with Crippen LogP contribution in [0.2, 0.25) is 0 Å². The van der Waals surface area contributed by atoms with E-state index in [1.54, 1.807) is 0 Å². The highest BCUT2D eigenvalue weighted by molar-refractivity contribution is 5.39. The van der Waals surface area contributed by atoms with E-state index in [-0.39, 0.29) is 0 Å². The summed E-state index contributed by atoms with van der Waals surface area (Å²) < 4.78 is 5.86. The molecule has 0 aliphatic heterocycles. The molecule has 2 atom stereocenters. The zero-order valence-electron chi connectivity index (χ0n) is 12.9. The minimum Gasteiger partial charge on any atom is -0.493 e. The molecule has 0 heterocycles. The van der Waals surface area contributed by atoms with Crippen LogP contribution < -0.4 is 10.5 Å². The predicted octanol–water partition coefficient (Wildman–Crippen LogP) is 4.40. The maximum atomic E-state index is 6.02. The molecule has 0 radical (unpaired) electrons. The highest BCUT2D eigenvalue weighted by Gasteiger charge is 2.13. The lowest BCUT2D eigenvalue weighted by atomic mass is 9.92. The number of benzene rings is 1. The van der Waals surface area contributed by atoms with Gasteiger partial charge >= 0.3 is 0 Å². The van der Waals surface area contributed by atoms with Gasteiger partial charge in [-0.1, -0.05) is 38.5 Å². The Labute approximate surface area is 118 Å². The summed E-state index contributed by atoms with van der Waals surface area (Å²) in [6.45, 7) is 9.49. The molecule has 0 saturated carbocycles. The Morgan fingerprint density at radius 1 is 1.21 bits per heavy atom. The van der Waals surface area contributed by atoms with Crippen LogP contribution in [0.3, 0.4) is 0 Å². The smallest absolute Gasteiger partial charge is 0.122 e. The van der Waals surface area contributed by atoms with E-state index in [2.05, 4.69) is 45.9 Å². The first kappa shape index (κ1) is 16.0. The summed E-state index contributed by atoms with van der Waals surface area (Å²) in [6, 6.07) is 6.81. The Bertz CT molecular complexity index is 376. The van der Waals surface area contributed by atoms with Gasteiger partial charge in [0.15, 0.2) is 0 Å². The maximum absolute atomic E-state index is 6.02. The van der Waals surface area contributed by atoms with Crippen LogP contribution in [0.1, 0.15) is 63.5 Å². The monoisotopic (exact) mass is 263 g/mol. The Hall–Kier alpha value is -1.02. The summed E-state index contributed by atoms with van der Waals surface area (Å²) in [4.78, 5) is 0. The molecular formula is C17H29NO. The van der Waals surface area contributed by atoms with E-state index < -0.39 is 0 Å². The van der Waals surface area contributed by atoms with Gasteiger partial charge in [-0.3, -0.25) is 0 Å². The van der Waals surface area contributed by atoms with Gasteiger partial charge in [0, 0.05) is 6.04 Å². The molecule has 0 aromatic heterocycles. The lowest BCUT2D eigenvalue weighted by molar-refractivity contribution is 0.311. The molecular weight excluding hydrogens is 234 g/mol. The topological polar surface area (TPSA) is 35.2 Å². The molecule has 1 rings (SSSR count). The Kier molecular flexibility index (Phi) is 6.93. The molecule has 108 valence electrons. The van der Waals surface area contributed by atoms with Gasteiger partial charge in [-0.25, -0.2) is 0 Å². The normalized spacial score (nSPS) is 14.2. The molecule has 0 amide bonds. The number of hydrogen-bond acceptors (Lipinski definition) is 2. The summed E-state index contributed by atoms with van der Waals surface area (Å²) in [7, 11) is 0. The minimum absolute atomic E-state index is 0.326. The van der Waals surface area contributed by atoms with Crippen molar-refractivity contribution in [3.8, 4) is 5.75 Å². The highest BCUT2D eigenvalue weighted by atomic mass is 16.5. The molecule has 0 bridgehead atoms. The second-order valence-corrected chi connectivity index (χ2v) is 5.54. The van der Waals surface area contributed by atoms with Crippen molar-refractivity contribution in [1.82, 2.24) is 0 Å². The molecule has 0 aliphatic carbocycles. The van der Waals surface area contributed by atoms with Crippen LogP contribution in [0, 0.1) is 6.92 Å². The Morgan fingerprint density at radius 3 is 2.58 bits per heavy atom. The summed E-state index contributed by atoms with van der Waals surface area (Å²) in [5, 5.41) is 0. The molecule has 2 unspecified atom stereocenters. The molecule has 2 nitrogen and oxygen atoms in total. The van der Waals surface area contributed by atoms with Gasteiger partial charge in [-0.2, -0.15) is 0 Å². The fourth-order valence-corrected chi connectivity index (χ4v) is 2.22. The number of hydrogen-bond donors (Lipinski definition) is 1. The van der Waals surface area contributed by atoms with Crippen molar-refractivity contribution in [3.05, 3.63) is 29.3 Å². The average molecular weight is 263 g/mol. The van der Waals surface area contributed by atoms with Gasteiger partial charge in [0.1, 0.15) is 5.75 Å². The third-order valence-electron chi connectivity index (χ3n) is 3.65. The molecule has 0 saturated heterocycles. The molecule has 19 heavy (non-hydrogen) atoms. The maximum Gasteiger partial charge on any atom is 0.122 e. The van der Waals surface area contributed by atoms with Crippen LogP contribution in [0.25, 0.3) is 0 Å². The summed E-state index contributed by atoms with van der Waals surface area (Å²) >= 11 is 0. The number of nitrogens with two attached hydrogens (primary N) is 1. The predicted molar refractivity (Wildman–Crippen MR) is 82.9 cm³/mol. The van der Waals surface area contributed by atoms with Gasteiger partial charge in [0.05, 0.1) is 6.61 Å². The second-order valence-electron chi connectivity index (χ2n) is 5.54. The Morgan fingerprint density at radius 2 is 1.95 bits per heavy atom. The minimum atomic E-state index is 0.326. The van der Waals surface area contributed by atoms with Gasteiger partial charge in [-0.05, 0) is 50.2 Å². The molecule has 2 heteroatoms. The van der Waals surface area contributed by atoms with Gasteiger partial charge in [0.25, 0.3) is 0 Å². The van der Waals surface area contributed by atoms with Gasteiger partial charge < -0.3 is 10.5 Å². The number of ether oxygens (including phenoxy) is 1. The van der Waals surface area contributed by atoms with Crippen molar-refractivity contribution in [2.24, 2.45) is 5.73 Å². The molecule has 1 aromatic rings. The van der Waals surface area contributed by atoms with Crippen LogP contribution in [0.5, 0.6) is 5.75 Å². The third-order valence-corrected chi connectivity index (χ3v) is 3.65. The summed E-state index contributed by atoms with van der Waals surface area (Å²) in [5.41, 5.74) is 8.64. The Balaban J connectivity index is 2.75. The summed E-state index contributed by atoms with van der Waals surface area (Å²) in [6.07, 6.45) is 4.31. The molecule has 1 aromatic carbocycles. The fourth-order valence-electron chi connectivity index (χ4n) is 2.22. The second kappa shape index (κ2) is 8.21. The van der Waals surface area contributed by atoms with Crippen molar-refractivity contribution in [1.29, 1.82) is 0 Å².